The number of aliphatic hydroxyl groups excluding tert-OH is 3. The highest BCUT2D eigenvalue weighted by atomic mass is 16.3. The molecule has 9 heterocycles. The summed E-state index contributed by atoms with van der Waals surface area (Å²) in [6.45, 7) is 1.13. The zero-order chi connectivity index (χ0) is 64.3. The lowest BCUT2D eigenvalue weighted by molar-refractivity contribution is -0.414. The second kappa shape index (κ2) is 25.4. The van der Waals surface area contributed by atoms with Crippen LogP contribution in [0.2, 0.25) is 0 Å². The summed E-state index contributed by atoms with van der Waals surface area (Å²) >= 11 is 0. The predicted molar refractivity (Wildman–Crippen MR) is 326 cm³/mol. The van der Waals surface area contributed by atoms with Crippen molar-refractivity contribution in [2.45, 2.75) is 31.8 Å². The van der Waals surface area contributed by atoms with Gasteiger partial charge in [-0.05, 0) is 36.4 Å². The number of carbonyl (C=O) groups is 8. The Labute approximate surface area is 505 Å². The Hall–Kier alpha value is -11.8. The number of amides is 8. The maximum atomic E-state index is 13.6. The molecule has 0 unspecified atom stereocenters. The maximum Gasteiger partial charge on any atom is 0.291 e. The van der Waals surface area contributed by atoms with E-state index >= 15 is 0 Å². The van der Waals surface area contributed by atoms with E-state index in [-0.39, 0.29) is 124 Å². The topological polar surface area (TPSA) is 423 Å². The van der Waals surface area contributed by atoms with Gasteiger partial charge in [0.2, 0.25) is 11.6 Å². The van der Waals surface area contributed by atoms with Crippen molar-refractivity contribution in [3.05, 3.63) is 132 Å². The number of aryl methyl sites for hydroxylation is 8. The molecule has 16 bridgehead atoms. The lowest BCUT2D eigenvalue weighted by atomic mass is 10.2. The number of aromatic nitrogens is 10. The number of nitrogens with one attached hydrogen (secondary N) is 8. The molecule has 1 aliphatic rings. The van der Waals surface area contributed by atoms with Crippen molar-refractivity contribution in [1.82, 2.24) is 57.1 Å². The van der Waals surface area contributed by atoms with Crippen LogP contribution < -0.4 is 48.3 Å². The summed E-state index contributed by atoms with van der Waals surface area (Å²) in [6.07, 6.45) is 11.6. The molecular formula is C56H65N22O11+. The summed E-state index contributed by atoms with van der Waals surface area (Å²) in [5.74, 6) is -6.14. The van der Waals surface area contributed by atoms with Crippen molar-refractivity contribution in [2.24, 2.45) is 71.4 Å². The third-order valence-electron chi connectivity index (χ3n) is 13.9. The number of hydrogen-bond acceptors (Lipinski definition) is 13. The molecule has 0 spiro atoms. The van der Waals surface area contributed by atoms with Gasteiger partial charge in [0.1, 0.15) is 40.2 Å². The molecular weight excluding hydrogens is 1160 g/mol. The largest absolute Gasteiger partial charge is 0.497 e. The van der Waals surface area contributed by atoms with Gasteiger partial charge in [0.15, 0.2) is 29.3 Å². The van der Waals surface area contributed by atoms with E-state index in [0.717, 1.165) is 0 Å². The summed E-state index contributed by atoms with van der Waals surface area (Å²) in [5, 5.41) is 53.9. The average molecular weight is 1220 g/mol. The van der Waals surface area contributed by atoms with E-state index in [1.165, 1.54) is 130 Å². The first-order valence-electron chi connectivity index (χ1n) is 27.2. The summed E-state index contributed by atoms with van der Waals surface area (Å²) in [5.41, 5.74) is 6.50. The normalized spacial score (nSPS) is 16.8. The minimum absolute atomic E-state index is 0.00592. The number of anilines is 6. The van der Waals surface area contributed by atoms with E-state index in [1.807, 2.05) is 0 Å². The van der Waals surface area contributed by atoms with Gasteiger partial charge in [0.05, 0.1) is 65.5 Å². The van der Waals surface area contributed by atoms with Crippen LogP contribution in [0.5, 0.6) is 0 Å². The molecule has 89 heavy (non-hydrogen) atoms. The quantitative estimate of drug-likeness (QED) is 0.0832. The molecule has 0 aromatic carbocycles. The molecule has 1 aliphatic heterocycles. The van der Waals surface area contributed by atoms with E-state index in [4.69, 9.17) is 0 Å². The zero-order valence-corrected chi connectivity index (χ0v) is 49.7. The number of aliphatic hydroxyl groups is 3. The minimum atomic E-state index is -0.937. The van der Waals surface area contributed by atoms with Gasteiger partial charge in [0, 0.05) is 113 Å². The molecule has 464 valence electrons. The number of quaternary nitrogens is 1. The number of aliphatic imine (C=N–C) groups is 3. The number of imidazole rings is 2. The lowest BCUT2D eigenvalue weighted by Gasteiger charge is -2.13. The SMILES string of the molecule is CC(O)=N[C@H]1CNC(=O)c2cc(cn2C)NC(=O)c2cc(cn2C)NC(=O)c2cc(cn2C)NC(=O)c2nc(cn2C)N=C(O)C[C@@H]([NH3+])CNC(=O)c2cc(cn2C)NC(=O)c2cc(cn2C)NC(=O)c2cc(cn2C)NC(=O)c2nc(cn2C)N=C(O)C1. The van der Waals surface area contributed by atoms with Crippen LogP contribution in [-0.4, -0.2) is 152 Å². The third-order valence-corrected chi connectivity index (χ3v) is 13.9. The van der Waals surface area contributed by atoms with E-state index in [0.29, 0.717) is 5.69 Å². The van der Waals surface area contributed by atoms with Gasteiger partial charge in [-0.3, -0.25) is 43.3 Å². The lowest BCUT2D eigenvalue weighted by Crippen LogP contribution is -2.65. The van der Waals surface area contributed by atoms with E-state index in [2.05, 4.69) is 73.2 Å². The monoisotopic (exact) mass is 1220 g/mol. The molecule has 0 aliphatic carbocycles. The van der Waals surface area contributed by atoms with Gasteiger partial charge >= 0.3 is 0 Å². The molecule has 0 fully saturated rings. The van der Waals surface area contributed by atoms with E-state index in [9.17, 15) is 53.7 Å². The number of nitrogens with zero attached hydrogens (tertiary/aromatic N) is 13. The van der Waals surface area contributed by atoms with Crippen LogP contribution in [-0.2, 0) is 56.4 Å². The Bertz CT molecular complexity index is 4240. The Morgan fingerprint density at radius 1 is 0.427 bits per heavy atom. The Morgan fingerprint density at radius 2 is 0.708 bits per heavy atom. The van der Waals surface area contributed by atoms with Gasteiger partial charge in [-0.2, -0.15) is 9.98 Å². The highest BCUT2D eigenvalue weighted by Crippen LogP contribution is 2.24. The first-order chi connectivity index (χ1) is 42.1. The molecule has 14 N–H and O–H groups in total. The van der Waals surface area contributed by atoms with Crippen molar-refractivity contribution in [1.29, 1.82) is 0 Å². The van der Waals surface area contributed by atoms with Crippen molar-refractivity contribution in [3.63, 3.8) is 0 Å². The second-order valence-electron chi connectivity index (χ2n) is 21.2. The van der Waals surface area contributed by atoms with Crippen LogP contribution in [0.1, 0.15) is 104 Å². The Morgan fingerprint density at radius 3 is 1.02 bits per heavy atom. The van der Waals surface area contributed by atoms with E-state index < -0.39 is 65.2 Å². The average Bonchev–Trinajstić information content (AvgIpc) is 2.54. The molecule has 8 aromatic rings. The van der Waals surface area contributed by atoms with Crippen LogP contribution in [0, 0.1) is 0 Å². The fraction of sp³-hybridized carbons (Fsp3) is 0.268. The number of fused-ring (bicyclic) bond motifs is 16. The van der Waals surface area contributed by atoms with Crippen LogP contribution in [0.3, 0.4) is 0 Å². The molecule has 2 atom stereocenters. The van der Waals surface area contributed by atoms with Crippen LogP contribution >= 0.6 is 0 Å². The Balaban J connectivity index is 0.924. The first kappa shape index (κ1) is 61.8. The fourth-order valence-electron chi connectivity index (χ4n) is 9.69. The molecule has 0 radical (unpaired) electrons. The zero-order valence-electron chi connectivity index (χ0n) is 49.7. The van der Waals surface area contributed by atoms with Crippen molar-refractivity contribution >= 4 is 111 Å². The second-order valence-corrected chi connectivity index (χ2v) is 21.2. The summed E-state index contributed by atoms with van der Waals surface area (Å²) < 4.78 is 11.7. The van der Waals surface area contributed by atoms with Gasteiger partial charge in [0.25, 0.3) is 47.3 Å². The van der Waals surface area contributed by atoms with Crippen LogP contribution in [0.25, 0.3) is 0 Å². The van der Waals surface area contributed by atoms with Gasteiger partial charge in [-0.25, -0.2) is 9.97 Å². The molecule has 33 heteroatoms. The fourth-order valence-corrected chi connectivity index (χ4v) is 9.69. The number of hydrogen-bond donors (Lipinski definition) is 12. The minimum Gasteiger partial charge on any atom is -0.497 e. The van der Waals surface area contributed by atoms with Crippen LogP contribution in [0.15, 0.2) is 101 Å². The smallest absolute Gasteiger partial charge is 0.291 e. The van der Waals surface area contributed by atoms with Gasteiger partial charge in [-0.1, -0.05) is 0 Å². The predicted octanol–water partition coefficient (Wildman–Crippen LogP) is 2.78. The van der Waals surface area contributed by atoms with Crippen molar-refractivity contribution in [3.8, 4) is 0 Å². The van der Waals surface area contributed by atoms with E-state index in [1.54, 1.807) is 55.5 Å². The molecule has 33 nitrogen and oxygen atoms in total. The molecule has 8 aromatic heterocycles. The first-order valence-corrected chi connectivity index (χ1v) is 27.2. The van der Waals surface area contributed by atoms with Crippen molar-refractivity contribution in [2.75, 3.05) is 45.0 Å². The third kappa shape index (κ3) is 14.5. The standard InChI is InChI=1S/C56H64N22O11/c1-28(79)60-30-17-46(81)68-44-27-78(9)48(70-44)56(89)66-36-16-42(76(7)25-36)54(87)63-33-13-39(73(4)22-33)51(84)61-31-11-37(71(2)20-31)49(82)58-18-29(57)10-45(80)67-43-26-77(8)47(69-43)55(88)65-35-15-41(75(6)24-35)53(86)64-34-14-40(74(5)23-34)52(85)62-32-12-38(72(3)21-32)50(83)59-19-30/h11-16,20-27,29-30H,10,17-19,57H2,1-9H3,(H,58,82)(H,59,83)(H,60,79)(H,61,84)(H,62,85)(H,63,87)(H,64,86)(H,65,88)(H,66,89)(H,67,80)(H,68,81)/p+1/t29-,30-/m1/s1. The van der Waals surface area contributed by atoms with Crippen LogP contribution in [0.4, 0.5) is 45.8 Å². The van der Waals surface area contributed by atoms with Gasteiger partial charge < -0.3 is 100 Å². The van der Waals surface area contributed by atoms with Gasteiger partial charge in [-0.15, -0.1) is 0 Å². The highest BCUT2D eigenvalue weighted by Gasteiger charge is 2.25. The molecule has 9 rings (SSSR count). The molecule has 0 saturated carbocycles. The van der Waals surface area contributed by atoms with Crippen molar-refractivity contribution < 1.29 is 59.4 Å². The highest BCUT2D eigenvalue weighted by molar-refractivity contribution is 6.10. The molecule has 0 saturated heterocycles. The summed E-state index contributed by atoms with van der Waals surface area (Å²) in [7, 11) is 12.7. The maximum absolute atomic E-state index is 13.6. The Kier molecular flexibility index (Phi) is 17.7. The summed E-state index contributed by atoms with van der Waals surface area (Å²) in [6, 6.07) is 7.18. The number of rotatable bonds is 1. The summed E-state index contributed by atoms with van der Waals surface area (Å²) in [4.78, 5) is 129. The number of carbonyl (C=O) groups excluding carboxylic acids is 8. The molecule has 8 amide bonds.